The number of hydrogen-bond donors (Lipinski definition) is 1. The molecular formula is C18H21N3O2. The van der Waals surface area contributed by atoms with Gasteiger partial charge in [-0.25, -0.2) is 0 Å². The maximum atomic E-state index is 12.6. The van der Waals surface area contributed by atoms with Crippen molar-refractivity contribution in [2.24, 2.45) is 13.0 Å². The minimum Gasteiger partial charge on any atom is -0.373 e. The van der Waals surface area contributed by atoms with E-state index in [9.17, 15) is 4.79 Å². The molecule has 23 heavy (non-hydrogen) atoms. The van der Waals surface area contributed by atoms with Gasteiger partial charge in [-0.1, -0.05) is 24.3 Å². The zero-order valence-electron chi connectivity index (χ0n) is 13.2. The molecule has 1 amide bonds. The molecule has 2 aromatic rings. The number of ether oxygens (including phenoxy) is 1. The fourth-order valence-corrected chi connectivity index (χ4v) is 3.67. The van der Waals surface area contributed by atoms with Crippen LogP contribution in [0.1, 0.15) is 35.1 Å². The molecule has 1 fully saturated rings. The van der Waals surface area contributed by atoms with Crippen molar-refractivity contribution < 1.29 is 9.53 Å². The van der Waals surface area contributed by atoms with Gasteiger partial charge in [0, 0.05) is 37.9 Å². The molecule has 0 unspecified atom stereocenters. The summed E-state index contributed by atoms with van der Waals surface area (Å²) < 4.78 is 7.52. The molecule has 1 aromatic carbocycles. The molecule has 2 heterocycles. The first-order valence-corrected chi connectivity index (χ1v) is 8.18. The highest BCUT2D eigenvalue weighted by atomic mass is 16.5. The Labute approximate surface area is 135 Å². The summed E-state index contributed by atoms with van der Waals surface area (Å²) in [5, 5.41) is 7.31. The molecule has 0 radical (unpaired) electrons. The van der Waals surface area contributed by atoms with Gasteiger partial charge in [-0.3, -0.25) is 9.48 Å². The largest absolute Gasteiger partial charge is 0.373 e. The van der Waals surface area contributed by atoms with Gasteiger partial charge in [0.05, 0.1) is 18.2 Å². The van der Waals surface area contributed by atoms with E-state index >= 15 is 0 Å². The molecule has 1 N–H and O–H groups in total. The molecule has 0 bridgehead atoms. The van der Waals surface area contributed by atoms with Crippen LogP contribution in [0.4, 0.5) is 0 Å². The maximum absolute atomic E-state index is 12.6. The van der Waals surface area contributed by atoms with Crippen molar-refractivity contribution in [3.63, 3.8) is 0 Å². The summed E-state index contributed by atoms with van der Waals surface area (Å²) in [6, 6.07) is 8.46. The van der Waals surface area contributed by atoms with E-state index in [0.29, 0.717) is 19.1 Å². The Morgan fingerprint density at radius 2 is 2.30 bits per heavy atom. The topological polar surface area (TPSA) is 56.1 Å². The van der Waals surface area contributed by atoms with Crippen LogP contribution < -0.4 is 5.32 Å². The first-order chi connectivity index (χ1) is 11.2. The zero-order valence-corrected chi connectivity index (χ0v) is 13.2. The third-order valence-corrected chi connectivity index (χ3v) is 4.97. The van der Waals surface area contributed by atoms with Gasteiger partial charge in [0.15, 0.2) is 0 Å². The van der Waals surface area contributed by atoms with Gasteiger partial charge in [0.1, 0.15) is 0 Å². The summed E-state index contributed by atoms with van der Waals surface area (Å²) in [6.45, 7) is 1.34. The van der Waals surface area contributed by atoms with Crippen LogP contribution in [0, 0.1) is 5.92 Å². The number of nitrogens with zero attached hydrogens (tertiary/aromatic N) is 2. The highest BCUT2D eigenvalue weighted by molar-refractivity contribution is 5.79. The lowest BCUT2D eigenvalue weighted by Crippen LogP contribution is -2.37. The number of benzene rings is 1. The molecule has 5 nitrogen and oxygen atoms in total. The Kier molecular flexibility index (Phi) is 3.65. The van der Waals surface area contributed by atoms with E-state index in [1.54, 1.807) is 10.9 Å². The molecule has 4 rings (SSSR count). The smallest absolute Gasteiger partial charge is 0.226 e. The second kappa shape index (κ2) is 5.81. The van der Waals surface area contributed by atoms with Crippen LogP contribution in [-0.2, 0) is 23.0 Å². The number of carbonyl (C=O) groups is 1. The van der Waals surface area contributed by atoms with E-state index in [-0.39, 0.29) is 17.9 Å². The number of nitrogens with one attached hydrogen (secondary N) is 1. The van der Waals surface area contributed by atoms with E-state index in [2.05, 4.69) is 34.7 Å². The molecule has 1 saturated heterocycles. The number of amides is 1. The van der Waals surface area contributed by atoms with Gasteiger partial charge in [-0.15, -0.1) is 0 Å². The lowest BCUT2D eigenvalue weighted by molar-refractivity contribution is -0.126. The standard InChI is InChI=1S/C18H21N3O2/c1-21-11-14(10-20-21)17-16(6-7-23-17)18(22)19-9-13-8-12-4-2-3-5-15(12)13/h2-5,10-11,13,16-17H,6-9H2,1H3,(H,19,22)/t13-,16+,17-/m1/s1. The van der Waals surface area contributed by atoms with Crippen molar-refractivity contribution in [3.05, 3.63) is 53.3 Å². The molecule has 1 aromatic heterocycles. The fourth-order valence-electron chi connectivity index (χ4n) is 3.67. The molecule has 2 aliphatic rings. The third kappa shape index (κ3) is 2.65. The van der Waals surface area contributed by atoms with Gasteiger partial charge in [-0.2, -0.15) is 5.10 Å². The van der Waals surface area contributed by atoms with Gasteiger partial charge in [0.25, 0.3) is 0 Å². The van der Waals surface area contributed by atoms with E-state index in [1.807, 2.05) is 13.2 Å². The van der Waals surface area contributed by atoms with E-state index in [4.69, 9.17) is 4.74 Å². The van der Waals surface area contributed by atoms with Gasteiger partial charge in [-0.05, 0) is 24.0 Å². The Morgan fingerprint density at radius 3 is 3.09 bits per heavy atom. The average molecular weight is 311 g/mol. The van der Waals surface area contributed by atoms with Crippen molar-refractivity contribution in [1.29, 1.82) is 0 Å². The second-order valence-electron chi connectivity index (χ2n) is 6.48. The zero-order chi connectivity index (χ0) is 15.8. The Bertz CT molecular complexity index is 725. The number of aryl methyl sites for hydroxylation is 1. The molecular weight excluding hydrogens is 290 g/mol. The van der Waals surface area contributed by atoms with Crippen LogP contribution in [0.25, 0.3) is 0 Å². The molecule has 120 valence electrons. The summed E-state index contributed by atoms with van der Waals surface area (Å²) in [5.41, 5.74) is 3.77. The van der Waals surface area contributed by atoms with Crippen LogP contribution in [0.5, 0.6) is 0 Å². The van der Waals surface area contributed by atoms with E-state index in [0.717, 1.165) is 18.4 Å². The Morgan fingerprint density at radius 1 is 1.43 bits per heavy atom. The monoisotopic (exact) mass is 311 g/mol. The minimum atomic E-state index is -0.169. The lowest BCUT2D eigenvalue weighted by atomic mass is 9.77. The molecule has 1 aliphatic carbocycles. The van der Waals surface area contributed by atoms with Crippen molar-refractivity contribution >= 4 is 5.91 Å². The summed E-state index contributed by atoms with van der Waals surface area (Å²) in [4.78, 5) is 12.6. The van der Waals surface area contributed by atoms with Crippen LogP contribution in [0.2, 0.25) is 0 Å². The number of aromatic nitrogens is 2. The highest BCUT2D eigenvalue weighted by Crippen LogP contribution is 2.36. The number of carbonyl (C=O) groups excluding carboxylic acids is 1. The molecule has 0 spiro atoms. The Hall–Kier alpha value is -2.14. The summed E-state index contributed by atoms with van der Waals surface area (Å²) >= 11 is 0. The van der Waals surface area contributed by atoms with Crippen molar-refractivity contribution in [3.8, 4) is 0 Å². The predicted molar refractivity (Wildman–Crippen MR) is 85.9 cm³/mol. The normalized spacial score (nSPS) is 25.7. The summed E-state index contributed by atoms with van der Waals surface area (Å²) in [5.74, 6) is 0.435. The first-order valence-electron chi connectivity index (χ1n) is 8.18. The predicted octanol–water partition coefficient (Wildman–Crippen LogP) is 1.95. The minimum absolute atomic E-state index is 0.0979. The van der Waals surface area contributed by atoms with Gasteiger partial charge < -0.3 is 10.1 Å². The third-order valence-electron chi connectivity index (χ3n) is 4.97. The summed E-state index contributed by atoms with van der Waals surface area (Å²) in [6.07, 6.45) is 5.38. The quantitative estimate of drug-likeness (QED) is 0.939. The number of hydrogen-bond acceptors (Lipinski definition) is 3. The van der Waals surface area contributed by atoms with Crippen molar-refractivity contribution in [1.82, 2.24) is 15.1 Å². The van der Waals surface area contributed by atoms with Crippen LogP contribution in [0.3, 0.4) is 0 Å². The lowest BCUT2D eigenvalue weighted by Gasteiger charge is -2.30. The van der Waals surface area contributed by atoms with E-state index in [1.165, 1.54) is 11.1 Å². The van der Waals surface area contributed by atoms with Crippen LogP contribution in [-0.4, -0.2) is 28.8 Å². The average Bonchev–Trinajstić information content (AvgIpc) is 3.16. The van der Waals surface area contributed by atoms with Gasteiger partial charge >= 0.3 is 0 Å². The first kappa shape index (κ1) is 14.5. The van der Waals surface area contributed by atoms with Gasteiger partial charge in [0.2, 0.25) is 5.91 Å². The molecule has 0 saturated carbocycles. The maximum Gasteiger partial charge on any atom is 0.226 e. The van der Waals surface area contributed by atoms with Crippen LogP contribution in [0.15, 0.2) is 36.7 Å². The highest BCUT2D eigenvalue weighted by Gasteiger charge is 2.36. The fraction of sp³-hybridized carbons (Fsp3) is 0.444. The molecule has 1 aliphatic heterocycles. The van der Waals surface area contributed by atoms with Crippen molar-refractivity contribution in [2.45, 2.75) is 24.9 Å². The SMILES string of the molecule is Cn1cc([C@H]2OCC[C@@H]2C(=O)NC[C@H]2Cc3ccccc32)cn1. The summed E-state index contributed by atoms with van der Waals surface area (Å²) in [7, 11) is 1.88. The van der Waals surface area contributed by atoms with Crippen molar-refractivity contribution in [2.75, 3.05) is 13.2 Å². The van der Waals surface area contributed by atoms with E-state index < -0.39 is 0 Å². The Balaban J connectivity index is 1.37. The van der Waals surface area contributed by atoms with Crippen LogP contribution >= 0.6 is 0 Å². The number of fused-ring (bicyclic) bond motifs is 1. The number of rotatable bonds is 4. The molecule has 5 heteroatoms. The second-order valence-corrected chi connectivity index (χ2v) is 6.48. The molecule has 3 atom stereocenters.